The number of fused-ring (bicyclic) bond motifs is 3. The second-order valence-electron chi connectivity index (χ2n) is 4.43. The van der Waals surface area contributed by atoms with Gasteiger partial charge in [0, 0.05) is 30.7 Å². The first kappa shape index (κ1) is 8.98. The van der Waals surface area contributed by atoms with E-state index in [9.17, 15) is 0 Å². The van der Waals surface area contributed by atoms with Crippen LogP contribution in [0.2, 0.25) is 0 Å². The summed E-state index contributed by atoms with van der Waals surface area (Å²) in [5.74, 6) is 0. The second-order valence-corrected chi connectivity index (χ2v) is 4.43. The lowest BCUT2D eigenvalue weighted by atomic mass is 10.1. The van der Waals surface area contributed by atoms with Crippen molar-refractivity contribution in [3.8, 4) is 0 Å². The van der Waals surface area contributed by atoms with Crippen LogP contribution in [0.3, 0.4) is 0 Å². The molecule has 0 radical (unpaired) electrons. The van der Waals surface area contributed by atoms with Crippen molar-refractivity contribution in [2.45, 2.75) is 26.9 Å². The predicted molar refractivity (Wildman–Crippen MR) is 63.1 cm³/mol. The van der Waals surface area contributed by atoms with Crippen molar-refractivity contribution in [1.82, 2.24) is 9.88 Å². The van der Waals surface area contributed by atoms with Crippen molar-refractivity contribution >= 4 is 10.9 Å². The first-order valence-electron chi connectivity index (χ1n) is 5.56. The molecule has 78 valence electrons. The smallest absolute Gasteiger partial charge is 0.0515 e. The van der Waals surface area contributed by atoms with E-state index >= 15 is 0 Å². The molecule has 2 heteroatoms. The van der Waals surface area contributed by atoms with Crippen molar-refractivity contribution in [3.63, 3.8) is 0 Å². The lowest BCUT2D eigenvalue weighted by Crippen LogP contribution is -2.27. The van der Waals surface area contributed by atoms with Gasteiger partial charge in [0.2, 0.25) is 0 Å². The molecule has 15 heavy (non-hydrogen) atoms. The van der Waals surface area contributed by atoms with Crippen molar-refractivity contribution < 1.29 is 0 Å². The highest BCUT2D eigenvalue weighted by Gasteiger charge is 2.14. The summed E-state index contributed by atoms with van der Waals surface area (Å²) in [5, 5.41) is 4.84. The highest BCUT2D eigenvalue weighted by molar-refractivity contribution is 5.87. The van der Waals surface area contributed by atoms with Crippen LogP contribution in [0.5, 0.6) is 0 Å². The van der Waals surface area contributed by atoms with E-state index in [-0.39, 0.29) is 0 Å². The lowest BCUT2D eigenvalue weighted by molar-refractivity contribution is 0.526. The van der Waals surface area contributed by atoms with Crippen molar-refractivity contribution in [1.29, 1.82) is 0 Å². The summed E-state index contributed by atoms with van der Waals surface area (Å²) >= 11 is 0. The van der Waals surface area contributed by atoms with Crippen LogP contribution in [-0.4, -0.2) is 11.1 Å². The van der Waals surface area contributed by atoms with E-state index in [2.05, 4.69) is 41.9 Å². The van der Waals surface area contributed by atoms with Crippen LogP contribution in [0.4, 0.5) is 0 Å². The average molecular weight is 200 g/mol. The number of benzene rings is 1. The number of aromatic nitrogens is 1. The molecule has 0 unspecified atom stereocenters. The average Bonchev–Trinajstić information content (AvgIpc) is 2.64. The summed E-state index contributed by atoms with van der Waals surface area (Å²) in [6.07, 6.45) is 0. The van der Waals surface area contributed by atoms with Gasteiger partial charge in [-0.05, 0) is 31.0 Å². The summed E-state index contributed by atoms with van der Waals surface area (Å²) in [4.78, 5) is 0. The second kappa shape index (κ2) is 3.11. The fourth-order valence-electron chi connectivity index (χ4n) is 2.56. The Balaban J connectivity index is 2.41. The van der Waals surface area contributed by atoms with Gasteiger partial charge in [-0.1, -0.05) is 12.1 Å². The third kappa shape index (κ3) is 1.21. The fourth-order valence-corrected chi connectivity index (χ4v) is 2.56. The Kier molecular flexibility index (Phi) is 1.86. The lowest BCUT2D eigenvalue weighted by Gasteiger charge is -2.18. The molecule has 3 rings (SSSR count). The van der Waals surface area contributed by atoms with Crippen molar-refractivity contribution in [2.75, 3.05) is 6.54 Å². The molecule has 1 aliphatic heterocycles. The molecule has 0 amide bonds. The number of aryl methyl sites for hydroxylation is 2. The third-order valence-electron chi connectivity index (χ3n) is 3.38. The molecule has 1 aliphatic rings. The van der Waals surface area contributed by atoms with E-state index in [1.165, 1.54) is 27.7 Å². The number of hydrogen-bond donors (Lipinski definition) is 1. The molecule has 2 nitrogen and oxygen atoms in total. The molecule has 1 N–H and O–H groups in total. The fraction of sp³-hybridized carbons (Fsp3) is 0.385. The van der Waals surface area contributed by atoms with Crippen LogP contribution < -0.4 is 5.32 Å². The van der Waals surface area contributed by atoms with E-state index in [0.717, 1.165) is 19.6 Å². The summed E-state index contributed by atoms with van der Waals surface area (Å²) in [6, 6.07) is 6.79. The molecular formula is C13H16N2. The normalized spacial score (nSPS) is 15.6. The third-order valence-corrected chi connectivity index (χ3v) is 3.38. The molecule has 0 saturated carbocycles. The number of nitrogens with zero attached hydrogens (tertiary/aromatic N) is 1. The summed E-state index contributed by atoms with van der Waals surface area (Å²) in [7, 11) is 0. The van der Waals surface area contributed by atoms with Gasteiger partial charge < -0.3 is 9.88 Å². The standard InChI is InChI=1S/C13H16N2/c1-9-3-4-10(2)13-12(9)7-11-8-14-5-6-15(11)13/h3-4,7,14H,5-6,8H2,1-2H3. The zero-order chi connectivity index (χ0) is 10.4. The van der Waals surface area contributed by atoms with Gasteiger partial charge in [-0.3, -0.25) is 0 Å². The minimum atomic E-state index is 1.01. The molecule has 1 aromatic heterocycles. The Morgan fingerprint density at radius 3 is 2.87 bits per heavy atom. The van der Waals surface area contributed by atoms with Gasteiger partial charge in [0.15, 0.2) is 0 Å². The number of rotatable bonds is 0. The maximum absolute atomic E-state index is 3.42. The van der Waals surface area contributed by atoms with Gasteiger partial charge in [0.05, 0.1) is 5.52 Å². The molecule has 0 fully saturated rings. The van der Waals surface area contributed by atoms with Gasteiger partial charge >= 0.3 is 0 Å². The van der Waals surface area contributed by atoms with E-state index in [4.69, 9.17) is 0 Å². The summed E-state index contributed by atoms with van der Waals surface area (Å²) < 4.78 is 2.47. The van der Waals surface area contributed by atoms with E-state index in [1.807, 2.05) is 0 Å². The highest BCUT2D eigenvalue weighted by Crippen LogP contribution is 2.27. The topological polar surface area (TPSA) is 17.0 Å². The quantitative estimate of drug-likeness (QED) is 0.691. The number of hydrogen-bond acceptors (Lipinski definition) is 1. The SMILES string of the molecule is Cc1ccc(C)c2c1cc1n2CCNC1. The Labute approximate surface area is 89.9 Å². The monoisotopic (exact) mass is 200 g/mol. The van der Waals surface area contributed by atoms with E-state index in [1.54, 1.807) is 0 Å². The minimum Gasteiger partial charge on any atom is -0.342 e. The van der Waals surface area contributed by atoms with Crippen molar-refractivity contribution in [3.05, 3.63) is 35.0 Å². The Bertz CT molecular complexity index is 523. The maximum Gasteiger partial charge on any atom is 0.0515 e. The zero-order valence-electron chi connectivity index (χ0n) is 9.30. The molecule has 0 spiro atoms. The van der Waals surface area contributed by atoms with Crippen molar-refractivity contribution in [2.24, 2.45) is 0 Å². The van der Waals surface area contributed by atoms with E-state index < -0.39 is 0 Å². The van der Waals surface area contributed by atoms with Gasteiger partial charge in [-0.25, -0.2) is 0 Å². The molecule has 0 saturated heterocycles. The molecule has 0 bridgehead atoms. The molecule has 2 heterocycles. The Morgan fingerprint density at radius 2 is 2.00 bits per heavy atom. The summed E-state index contributed by atoms with van der Waals surface area (Å²) in [6.45, 7) is 7.60. The summed E-state index contributed by atoms with van der Waals surface area (Å²) in [5.41, 5.74) is 5.64. The van der Waals surface area contributed by atoms with Gasteiger partial charge in [-0.15, -0.1) is 0 Å². The largest absolute Gasteiger partial charge is 0.342 e. The molecule has 0 aliphatic carbocycles. The molecule has 0 atom stereocenters. The van der Waals surface area contributed by atoms with Gasteiger partial charge in [0.1, 0.15) is 0 Å². The first-order valence-corrected chi connectivity index (χ1v) is 5.56. The Hall–Kier alpha value is -1.28. The first-order chi connectivity index (χ1) is 7.27. The van der Waals surface area contributed by atoms with E-state index in [0.29, 0.717) is 0 Å². The Morgan fingerprint density at radius 1 is 1.20 bits per heavy atom. The minimum absolute atomic E-state index is 1.01. The van der Waals surface area contributed by atoms with Crippen LogP contribution in [-0.2, 0) is 13.1 Å². The zero-order valence-corrected chi connectivity index (χ0v) is 9.30. The van der Waals surface area contributed by atoms with Crippen LogP contribution in [0.15, 0.2) is 18.2 Å². The molecular weight excluding hydrogens is 184 g/mol. The highest BCUT2D eigenvalue weighted by atomic mass is 15.1. The molecule has 1 aromatic carbocycles. The van der Waals surface area contributed by atoms with Gasteiger partial charge in [-0.2, -0.15) is 0 Å². The van der Waals surface area contributed by atoms with Crippen LogP contribution in [0.1, 0.15) is 16.8 Å². The van der Waals surface area contributed by atoms with Gasteiger partial charge in [0.25, 0.3) is 0 Å². The maximum atomic E-state index is 3.42. The van der Waals surface area contributed by atoms with Crippen LogP contribution in [0, 0.1) is 13.8 Å². The predicted octanol–water partition coefficient (Wildman–Crippen LogP) is 2.36. The van der Waals surface area contributed by atoms with Crippen LogP contribution in [0.25, 0.3) is 10.9 Å². The van der Waals surface area contributed by atoms with Crippen LogP contribution >= 0.6 is 0 Å². The molecule has 2 aromatic rings. The number of nitrogens with one attached hydrogen (secondary N) is 1.